The number of hydrogen-bond acceptors (Lipinski definition) is 3. The van der Waals surface area contributed by atoms with Crippen LogP contribution in [0.3, 0.4) is 0 Å². The van der Waals surface area contributed by atoms with Crippen molar-refractivity contribution >= 4 is 5.91 Å². The van der Waals surface area contributed by atoms with Crippen LogP contribution in [-0.2, 0) is 4.79 Å². The molecule has 0 aliphatic heterocycles. The fourth-order valence-electron chi connectivity index (χ4n) is 1.12. The quantitative estimate of drug-likeness (QED) is 0.636. The minimum Gasteiger partial charge on any atom is -0.395 e. The van der Waals surface area contributed by atoms with Crippen molar-refractivity contribution < 1.29 is 9.90 Å². The molecule has 0 aromatic carbocycles. The van der Waals surface area contributed by atoms with E-state index in [1.165, 1.54) is 0 Å². The summed E-state index contributed by atoms with van der Waals surface area (Å²) in [7, 11) is 0. The molecule has 0 saturated heterocycles. The molecule has 0 radical (unpaired) electrons. The molecule has 0 aromatic heterocycles. The maximum absolute atomic E-state index is 11.6. The van der Waals surface area contributed by atoms with Gasteiger partial charge in [0.25, 0.3) is 0 Å². The van der Waals surface area contributed by atoms with Gasteiger partial charge in [-0.2, -0.15) is 0 Å². The molecule has 4 nitrogen and oxygen atoms in total. The van der Waals surface area contributed by atoms with Gasteiger partial charge in [0.05, 0.1) is 12.6 Å². The predicted octanol–water partition coefficient (Wildman–Crippen LogP) is -0.0470. The minimum absolute atomic E-state index is 0.0135. The van der Waals surface area contributed by atoms with Crippen LogP contribution in [0.2, 0.25) is 0 Å². The van der Waals surface area contributed by atoms with Crippen LogP contribution in [0.5, 0.6) is 0 Å². The number of nitrogens with zero attached hydrogens (tertiary/aromatic N) is 1. The Morgan fingerprint density at radius 1 is 1.54 bits per heavy atom. The van der Waals surface area contributed by atoms with Crippen LogP contribution < -0.4 is 5.73 Å². The van der Waals surface area contributed by atoms with Crippen molar-refractivity contribution in [1.82, 2.24) is 4.90 Å². The lowest BCUT2D eigenvalue weighted by atomic mass is 10.2. The topological polar surface area (TPSA) is 66.6 Å². The van der Waals surface area contributed by atoms with E-state index in [0.29, 0.717) is 13.0 Å². The standard InChI is InChI=1S/C9H20N2O2/c1-4-8(10)9(13)11(5-6-12)7(2)3/h7-8,12H,4-6,10H2,1-3H3/t8-/m0/s1. The summed E-state index contributed by atoms with van der Waals surface area (Å²) in [4.78, 5) is 13.2. The van der Waals surface area contributed by atoms with Crippen molar-refractivity contribution in [3.63, 3.8) is 0 Å². The summed E-state index contributed by atoms with van der Waals surface area (Å²) in [6, 6.07) is -0.341. The number of aliphatic hydroxyl groups is 1. The monoisotopic (exact) mass is 188 g/mol. The van der Waals surface area contributed by atoms with Crippen LogP contribution in [0.25, 0.3) is 0 Å². The van der Waals surface area contributed by atoms with E-state index in [-0.39, 0.29) is 18.6 Å². The average Bonchev–Trinajstić information content (AvgIpc) is 2.11. The summed E-state index contributed by atoms with van der Waals surface area (Å²) in [5, 5.41) is 8.75. The van der Waals surface area contributed by atoms with Gasteiger partial charge in [-0.05, 0) is 20.3 Å². The van der Waals surface area contributed by atoms with Gasteiger partial charge in [0.15, 0.2) is 0 Å². The Morgan fingerprint density at radius 3 is 2.38 bits per heavy atom. The second-order valence-corrected chi connectivity index (χ2v) is 3.36. The summed E-state index contributed by atoms with van der Waals surface area (Å²) in [5.41, 5.74) is 5.61. The summed E-state index contributed by atoms with van der Waals surface area (Å²) in [6.45, 7) is 6.05. The molecule has 0 aromatic rings. The highest BCUT2D eigenvalue weighted by molar-refractivity contribution is 5.81. The van der Waals surface area contributed by atoms with Gasteiger partial charge in [-0.3, -0.25) is 4.79 Å². The molecule has 0 aliphatic carbocycles. The van der Waals surface area contributed by atoms with E-state index < -0.39 is 6.04 Å². The van der Waals surface area contributed by atoms with Gasteiger partial charge in [-0.25, -0.2) is 0 Å². The van der Waals surface area contributed by atoms with Gasteiger partial charge >= 0.3 is 0 Å². The maximum Gasteiger partial charge on any atom is 0.239 e. The zero-order chi connectivity index (χ0) is 10.4. The second kappa shape index (κ2) is 5.94. The average molecular weight is 188 g/mol. The van der Waals surface area contributed by atoms with Crippen molar-refractivity contribution in [2.45, 2.75) is 39.3 Å². The van der Waals surface area contributed by atoms with Crippen LogP contribution in [0, 0.1) is 0 Å². The lowest BCUT2D eigenvalue weighted by molar-refractivity contribution is -0.134. The molecule has 0 heterocycles. The zero-order valence-electron chi connectivity index (χ0n) is 8.66. The molecule has 0 rings (SSSR count). The summed E-state index contributed by atoms with van der Waals surface area (Å²) in [5.74, 6) is -0.0773. The minimum atomic E-state index is -0.436. The molecule has 0 saturated carbocycles. The van der Waals surface area contributed by atoms with Crippen LogP contribution in [-0.4, -0.2) is 41.1 Å². The summed E-state index contributed by atoms with van der Waals surface area (Å²) in [6.07, 6.45) is 0.632. The molecule has 0 fully saturated rings. The number of amides is 1. The first kappa shape index (κ1) is 12.4. The van der Waals surface area contributed by atoms with Gasteiger partial charge in [0, 0.05) is 12.6 Å². The molecular formula is C9H20N2O2. The fraction of sp³-hybridized carbons (Fsp3) is 0.889. The van der Waals surface area contributed by atoms with Gasteiger partial charge < -0.3 is 15.7 Å². The Balaban J connectivity index is 4.27. The van der Waals surface area contributed by atoms with E-state index in [1.54, 1.807) is 4.90 Å². The van der Waals surface area contributed by atoms with Crippen molar-refractivity contribution in [2.24, 2.45) is 5.73 Å². The molecular weight excluding hydrogens is 168 g/mol. The van der Waals surface area contributed by atoms with Gasteiger partial charge in [-0.1, -0.05) is 6.92 Å². The van der Waals surface area contributed by atoms with E-state index in [9.17, 15) is 4.79 Å². The summed E-state index contributed by atoms with van der Waals surface area (Å²) >= 11 is 0. The molecule has 0 spiro atoms. The van der Waals surface area contributed by atoms with Gasteiger partial charge in [0.2, 0.25) is 5.91 Å². The van der Waals surface area contributed by atoms with E-state index in [0.717, 1.165) is 0 Å². The second-order valence-electron chi connectivity index (χ2n) is 3.36. The fourth-order valence-corrected chi connectivity index (χ4v) is 1.12. The van der Waals surface area contributed by atoms with Crippen LogP contribution in [0.15, 0.2) is 0 Å². The van der Waals surface area contributed by atoms with Crippen molar-refractivity contribution in [2.75, 3.05) is 13.2 Å². The first-order valence-electron chi connectivity index (χ1n) is 4.71. The summed E-state index contributed by atoms with van der Waals surface area (Å²) < 4.78 is 0. The van der Waals surface area contributed by atoms with Crippen molar-refractivity contribution in [1.29, 1.82) is 0 Å². The maximum atomic E-state index is 11.6. The Kier molecular flexibility index (Phi) is 5.66. The van der Waals surface area contributed by atoms with Gasteiger partial charge in [0.1, 0.15) is 0 Å². The molecule has 0 aliphatic rings. The molecule has 1 amide bonds. The first-order chi connectivity index (χ1) is 6.04. The van der Waals surface area contributed by atoms with E-state index in [1.807, 2.05) is 20.8 Å². The highest BCUT2D eigenvalue weighted by atomic mass is 16.3. The lowest BCUT2D eigenvalue weighted by Gasteiger charge is -2.28. The molecule has 1 atom stereocenters. The largest absolute Gasteiger partial charge is 0.395 e. The van der Waals surface area contributed by atoms with E-state index in [4.69, 9.17) is 10.8 Å². The third-order valence-corrected chi connectivity index (χ3v) is 2.00. The Labute approximate surface area is 79.7 Å². The normalized spacial score (nSPS) is 13.1. The molecule has 78 valence electrons. The van der Waals surface area contributed by atoms with Crippen LogP contribution in [0.1, 0.15) is 27.2 Å². The Bertz CT molecular complexity index is 160. The number of nitrogens with two attached hydrogens (primary N) is 1. The van der Waals surface area contributed by atoms with Gasteiger partial charge in [-0.15, -0.1) is 0 Å². The molecule has 0 unspecified atom stereocenters. The molecule has 3 N–H and O–H groups in total. The SMILES string of the molecule is CC[C@H](N)C(=O)N(CCO)C(C)C. The molecule has 0 bridgehead atoms. The number of rotatable bonds is 5. The Morgan fingerprint density at radius 2 is 2.08 bits per heavy atom. The number of carbonyl (C=O) groups is 1. The highest BCUT2D eigenvalue weighted by Crippen LogP contribution is 2.02. The number of carbonyl (C=O) groups excluding carboxylic acids is 1. The van der Waals surface area contributed by atoms with E-state index >= 15 is 0 Å². The van der Waals surface area contributed by atoms with Crippen molar-refractivity contribution in [3.8, 4) is 0 Å². The highest BCUT2D eigenvalue weighted by Gasteiger charge is 2.20. The number of aliphatic hydroxyl groups excluding tert-OH is 1. The van der Waals surface area contributed by atoms with Crippen LogP contribution >= 0.6 is 0 Å². The lowest BCUT2D eigenvalue weighted by Crippen LogP contribution is -2.47. The van der Waals surface area contributed by atoms with E-state index in [2.05, 4.69) is 0 Å². The third-order valence-electron chi connectivity index (χ3n) is 2.00. The van der Waals surface area contributed by atoms with Crippen LogP contribution in [0.4, 0.5) is 0 Å². The third kappa shape index (κ3) is 3.74. The first-order valence-corrected chi connectivity index (χ1v) is 4.71. The number of hydrogen-bond donors (Lipinski definition) is 2. The predicted molar refractivity (Wildman–Crippen MR) is 52.2 cm³/mol. The smallest absolute Gasteiger partial charge is 0.239 e. The zero-order valence-corrected chi connectivity index (χ0v) is 8.66. The molecule has 4 heteroatoms. The van der Waals surface area contributed by atoms with Crippen molar-refractivity contribution in [3.05, 3.63) is 0 Å². The Hall–Kier alpha value is -0.610. The molecule has 13 heavy (non-hydrogen) atoms.